The van der Waals surface area contributed by atoms with Gasteiger partial charge in [0.15, 0.2) is 0 Å². The Morgan fingerprint density at radius 1 is 1.09 bits per heavy atom. The molecule has 2 aromatic rings. The maximum Gasteiger partial charge on any atom is 0.329 e. The van der Waals surface area contributed by atoms with Gasteiger partial charge in [0.25, 0.3) is 11.6 Å². The van der Waals surface area contributed by atoms with Gasteiger partial charge >= 0.3 is 6.03 Å². The summed E-state index contributed by atoms with van der Waals surface area (Å²) in [4.78, 5) is 30.3. The Hall–Kier alpha value is -3.30. The van der Waals surface area contributed by atoms with Crippen LogP contribution in [0.4, 0.5) is 16.2 Å². The van der Waals surface area contributed by atoms with Crippen LogP contribution >= 0.6 is 0 Å². The summed E-state index contributed by atoms with van der Waals surface area (Å²) in [6.07, 6.45) is 5.70. The van der Waals surface area contributed by atoms with Gasteiger partial charge in [-0.2, -0.15) is 0 Å². The molecule has 0 bridgehead atoms. The first-order valence-corrected chi connectivity index (χ1v) is 12.1. The summed E-state index contributed by atoms with van der Waals surface area (Å²) in [6.45, 7) is 3.42. The Morgan fingerprint density at radius 2 is 1.83 bits per heavy atom. The highest BCUT2D eigenvalue weighted by Crippen LogP contribution is 2.43. The Bertz CT molecular complexity index is 1050. The lowest BCUT2D eigenvalue weighted by Gasteiger charge is -2.43. The van der Waals surface area contributed by atoms with E-state index >= 15 is 0 Å². The van der Waals surface area contributed by atoms with E-state index in [9.17, 15) is 14.7 Å². The summed E-state index contributed by atoms with van der Waals surface area (Å²) in [5.74, 6) is 0.129. The van der Waals surface area contributed by atoms with Crippen molar-refractivity contribution in [1.29, 1.82) is 0 Å². The van der Waals surface area contributed by atoms with E-state index < -0.39 is 17.7 Å². The number of urea groups is 1. The average molecular weight is 483 g/mol. The van der Waals surface area contributed by atoms with E-state index in [0.717, 1.165) is 31.0 Å². The number of rotatable bonds is 8. The molecule has 2 aromatic carbocycles. The number of hydrogen-bond donors (Lipinski definition) is 3. The fourth-order valence-corrected chi connectivity index (χ4v) is 4.80. The number of amides is 3. The second-order valence-corrected chi connectivity index (χ2v) is 8.89. The highest BCUT2D eigenvalue weighted by molar-refractivity contribution is 6.12. The summed E-state index contributed by atoms with van der Waals surface area (Å²) >= 11 is 0. The Morgan fingerprint density at radius 3 is 2.54 bits per heavy atom. The largest absolute Gasteiger partial charge is 0.497 e. The Kier molecular flexibility index (Phi) is 7.77. The van der Waals surface area contributed by atoms with Crippen LogP contribution in [-0.2, 0) is 10.5 Å². The van der Waals surface area contributed by atoms with E-state index in [0.29, 0.717) is 18.0 Å². The molecule has 3 amide bonds. The molecule has 2 aliphatic rings. The van der Waals surface area contributed by atoms with Crippen LogP contribution in [0.3, 0.4) is 0 Å². The lowest BCUT2D eigenvalue weighted by molar-refractivity contribution is -0.140. The van der Waals surface area contributed by atoms with E-state index in [4.69, 9.17) is 9.47 Å². The second-order valence-electron chi connectivity index (χ2n) is 8.89. The lowest BCUT2D eigenvalue weighted by atomic mass is 9.94. The molecular weight excluding hydrogens is 448 g/mol. The summed E-state index contributed by atoms with van der Waals surface area (Å²) < 4.78 is 10.7. The molecule has 0 aliphatic carbocycles. The molecule has 3 N–H and O–H groups in total. The molecule has 35 heavy (non-hydrogen) atoms. The normalized spacial score (nSPS) is 20.4. The number of fused-ring (bicyclic) bond motifs is 1. The number of hydrogen-bond acceptors (Lipinski definition) is 6. The van der Waals surface area contributed by atoms with Crippen LogP contribution in [0, 0.1) is 0 Å². The van der Waals surface area contributed by atoms with Crippen molar-refractivity contribution in [3.63, 3.8) is 0 Å². The van der Waals surface area contributed by atoms with Crippen LogP contribution in [0.25, 0.3) is 0 Å². The van der Waals surface area contributed by atoms with E-state index in [1.165, 1.54) is 39.9 Å². The molecule has 2 aliphatic heterocycles. The fraction of sp³-hybridized carbons (Fsp3) is 0.462. The van der Waals surface area contributed by atoms with Crippen LogP contribution in [0.5, 0.6) is 11.5 Å². The molecule has 0 saturated carbocycles. The van der Waals surface area contributed by atoms with Crippen molar-refractivity contribution in [2.24, 2.45) is 0 Å². The number of nitrogens with one attached hydrogen (secondary N) is 2. The lowest BCUT2D eigenvalue weighted by Crippen LogP contribution is -2.62. The molecule has 1 unspecified atom stereocenters. The number of para-hydroxylation sites is 1. The molecule has 2 heterocycles. The van der Waals surface area contributed by atoms with Gasteiger partial charge in [-0.3, -0.25) is 4.79 Å². The molecule has 0 spiro atoms. The van der Waals surface area contributed by atoms with Gasteiger partial charge < -0.3 is 30.1 Å². The predicted octanol–water partition coefficient (Wildman–Crippen LogP) is 3.28. The number of methoxy groups -OCH3 is 2. The number of benzene rings is 2. The topological polar surface area (TPSA) is 103 Å². The molecule has 9 heteroatoms. The number of aliphatic hydroxyl groups is 1. The van der Waals surface area contributed by atoms with Crippen molar-refractivity contribution in [3.8, 4) is 11.5 Å². The van der Waals surface area contributed by atoms with Gasteiger partial charge in [-0.1, -0.05) is 31.0 Å². The van der Waals surface area contributed by atoms with E-state index in [-0.39, 0.29) is 17.0 Å². The van der Waals surface area contributed by atoms with Crippen LogP contribution in [0.1, 0.15) is 37.7 Å². The zero-order chi connectivity index (χ0) is 24.8. The van der Waals surface area contributed by atoms with E-state index in [2.05, 4.69) is 15.5 Å². The molecule has 1 atom stereocenters. The molecule has 1 saturated heterocycles. The third-order valence-corrected chi connectivity index (χ3v) is 6.65. The van der Waals surface area contributed by atoms with Crippen molar-refractivity contribution in [1.82, 2.24) is 10.2 Å². The summed E-state index contributed by atoms with van der Waals surface area (Å²) in [5.41, 5.74) is -1.38. The number of likely N-dealkylation sites (tertiary alicyclic amines) is 1. The minimum absolute atomic E-state index is 0.238. The summed E-state index contributed by atoms with van der Waals surface area (Å²) in [7, 11) is 2.98. The highest BCUT2D eigenvalue weighted by atomic mass is 16.5. The first kappa shape index (κ1) is 24.8. The van der Waals surface area contributed by atoms with Crippen LogP contribution < -0.4 is 25.0 Å². The average Bonchev–Trinajstić information content (AvgIpc) is 3.15. The van der Waals surface area contributed by atoms with Crippen LogP contribution in [-0.4, -0.2) is 62.3 Å². The Balaban J connectivity index is 1.60. The van der Waals surface area contributed by atoms with E-state index in [1.54, 1.807) is 42.5 Å². The molecule has 1 fully saturated rings. The first-order chi connectivity index (χ1) is 17.0. The van der Waals surface area contributed by atoms with Crippen molar-refractivity contribution in [2.45, 2.75) is 37.8 Å². The van der Waals surface area contributed by atoms with Crippen LogP contribution in [0.15, 0.2) is 42.5 Å². The van der Waals surface area contributed by atoms with Gasteiger partial charge in [0, 0.05) is 18.2 Å². The number of carbonyl (C=O) groups excluding carboxylic acids is 2. The third-order valence-electron chi connectivity index (χ3n) is 6.65. The maximum absolute atomic E-state index is 13.6. The molecule has 0 radical (unpaired) electrons. The molecular formula is C26H34N4O5. The maximum atomic E-state index is 13.6. The minimum atomic E-state index is -2.27. The number of ether oxygens (including phenoxy) is 2. The van der Waals surface area contributed by atoms with Gasteiger partial charge in [0.05, 0.1) is 25.6 Å². The smallest absolute Gasteiger partial charge is 0.329 e. The molecule has 0 aromatic heterocycles. The monoisotopic (exact) mass is 482 g/mol. The van der Waals surface area contributed by atoms with Gasteiger partial charge in [-0.15, -0.1) is 0 Å². The Labute approximate surface area is 206 Å². The zero-order valence-corrected chi connectivity index (χ0v) is 20.4. The number of anilines is 2. The standard InChI is InChI=1S/C26H34N4O5/c1-34-19-12-13-22(23(18-19)35-2)30-25(32)28-21-11-6-5-10-20(21)26(30,33)24(31)27-14-9-17-29-15-7-3-4-8-16-29/h5-6,10-13,18,33H,3-4,7-9,14-17H2,1-2H3,(H,27,31)(H,28,32). The van der Waals surface area contributed by atoms with Gasteiger partial charge in [0.2, 0.25) is 0 Å². The molecule has 188 valence electrons. The van der Waals surface area contributed by atoms with Gasteiger partial charge in [-0.05, 0) is 57.1 Å². The fourth-order valence-electron chi connectivity index (χ4n) is 4.80. The number of nitrogens with zero attached hydrogens (tertiary/aromatic N) is 2. The quantitative estimate of drug-likeness (QED) is 0.499. The summed E-state index contributed by atoms with van der Waals surface area (Å²) in [5, 5.41) is 17.6. The van der Waals surface area contributed by atoms with Gasteiger partial charge in [0.1, 0.15) is 11.5 Å². The van der Waals surface area contributed by atoms with Crippen molar-refractivity contribution < 1.29 is 24.2 Å². The number of carbonyl (C=O) groups is 2. The zero-order valence-electron chi connectivity index (χ0n) is 20.4. The van der Waals surface area contributed by atoms with Crippen molar-refractivity contribution in [3.05, 3.63) is 48.0 Å². The van der Waals surface area contributed by atoms with E-state index in [1.807, 2.05) is 0 Å². The SMILES string of the molecule is COc1ccc(N2C(=O)Nc3ccccc3C2(O)C(=O)NCCCN2CCCCCC2)c(OC)c1. The molecule has 4 rings (SSSR count). The predicted molar refractivity (Wildman–Crippen MR) is 134 cm³/mol. The second kappa shape index (κ2) is 11.0. The van der Waals surface area contributed by atoms with Gasteiger partial charge in [-0.25, -0.2) is 9.69 Å². The first-order valence-electron chi connectivity index (χ1n) is 12.1. The minimum Gasteiger partial charge on any atom is -0.497 e. The third kappa shape index (κ3) is 5.06. The van der Waals surface area contributed by atoms with Crippen molar-refractivity contribution >= 4 is 23.3 Å². The summed E-state index contributed by atoms with van der Waals surface area (Å²) in [6, 6.07) is 10.9. The highest BCUT2D eigenvalue weighted by Gasteiger charge is 2.52. The van der Waals surface area contributed by atoms with Crippen LogP contribution in [0.2, 0.25) is 0 Å². The molecule has 9 nitrogen and oxygen atoms in total. The van der Waals surface area contributed by atoms with Crippen molar-refractivity contribution in [2.75, 3.05) is 50.6 Å².